The van der Waals surface area contributed by atoms with Crippen molar-refractivity contribution >= 4 is 11.8 Å². The molecule has 1 N–H and O–H groups in total. The van der Waals surface area contributed by atoms with Crippen molar-refractivity contribution in [1.29, 1.82) is 0 Å². The molecule has 2 aromatic rings. The topological polar surface area (TPSA) is 66.8 Å². The monoisotopic (exact) mass is 296 g/mol. The number of aromatic nitrogens is 4. The van der Waals surface area contributed by atoms with Crippen LogP contribution in [-0.4, -0.2) is 39.1 Å². The molecule has 1 aliphatic heterocycles. The summed E-state index contributed by atoms with van der Waals surface area (Å²) in [6.07, 6.45) is 12.1. The second-order valence-electron chi connectivity index (χ2n) is 6.09. The Hall–Kier alpha value is -2.24. The Kier molecular flexibility index (Phi) is 3.58. The van der Waals surface area contributed by atoms with Gasteiger partial charge in [0.2, 0.25) is 5.95 Å². The van der Waals surface area contributed by atoms with Crippen molar-refractivity contribution in [1.82, 2.24) is 19.9 Å². The maximum Gasteiger partial charge on any atom is 0.225 e. The Morgan fingerprint density at radius 1 is 1.00 bits per heavy atom. The van der Waals surface area contributed by atoms with Gasteiger partial charge >= 0.3 is 0 Å². The molecule has 6 heteroatoms. The lowest BCUT2D eigenvalue weighted by Crippen LogP contribution is -2.40. The summed E-state index contributed by atoms with van der Waals surface area (Å²) >= 11 is 0. The van der Waals surface area contributed by atoms with Crippen LogP contribution in [0.3, 0.4) is 0 Å². The van der Waals surface area contributed by atoms with Crippen molar-refractivity contribution in [3.63, 3.8) is 0 Å². The van der Waals surface area contributed by atoms with Gasteiger partial charge in [-0.15, -0.1) is 0 Å². The second kappa shape index (κ2) is 5.87. The predicted octanol–water partition coefficient (Wildman–Crippen LogP) is 2.22. The van der Waals surface area contributed by atoms with Crippen molar-refractivity contribution in [2.75, 3.05) is 23.3 Å². The average molecular weight is 296 g/mol. The fourth-order valence-electron chi connectivity index (χ4n) is 2.93. The first-order chi connectivity index (χ1) is 10.9. The molecule has 2 fully saturated rings. The van der Waals surface area contributed by atoms with Crippen LogP contribution in [0.5, 0.6) is 0 Å². The third kappa shape index (κ3) is 3.00. The van der Waals surface area contributed by atoms with E-state index in [2.05, 4.69) is 30.2 Å². The highest BCUT2D eigenvalue weighted by molar-refractivity contribution is 5.36. The molecule has 6 nitrogen and oxygen atoms in total. The molecule has 2 aromatic heterocycles. The third-order valence-corrected chi connectivity index (χ3v) is 4.42. The fraction of sp³-hybridized carbons (Fsp3) is 0.500. The number of rotatable bonds is 4. The van der Waals surface area contributed by atoms with E-state index in [0.717, 1.165) is 43.6 Å². The smallest absolute Gasteiger partial charge is 0.225 e. The van der Waals surface area contributed by atoms with E-state index >= 15 is 0 Å². The van der Waals surface area contributed by atoms with Crippen molar-refractivity contribution in [2.45, 2.75) is 37.6 Å². The minimum atomic E-state index is 0.455. The minimum Gasteiger partial charge on any atom is -0.367 e. The summed E-state index contributed by atoms with van der Waals surface area (Å²) in [5, 5.41) is 3.47. The molecule has 22 heavy (non-hydrogen) atoms. The number of nitrogens with zero attached hydrogens (tertiary/aromatic N) is 5. The Morgan fingerprint density at radius 2 is 1.77 bits per heavy atom. The Morgan fingerprint density at radius 3 is 2.41 bits per heavy atom. The van der Waals surface area contributed by atoms with Gasteiger partial charge in [0.15, 0.2) is 0 Å². The van der Waals surface area contributed by atoms with Gasteiger partial charge in [0.05, 0.1) is 0 Å². The Labute approximate surface area is 130 Å². The lowest BCUT2D eigenvalue weighted by atomic mass is 10.1. The van der Waals surface area contributed by atoms with Crippen molar-refractivity contribution < 1.29 is 0 Å². The molecule has 4 rings (SSSR count). The number of hydrogen-bond acceptors (Lipinski definition) is 6. The van der Waals surface area contributed by atoms with Gasteiger partial charge in [-0.1, -0.05) is 0 Å². The van der Waals surface area contributed by atoms with Gasteiger partial charge in [-0.05, 0) is 43.2 Å². The number of hydrogen-bond donors (Lipinski definition) is 1. The maximum absolute atomic E-state index is 4.55. The van der Waals surface area contributed by atoms with Gasteiger partial charge in [0.1, 0.15) is 12.1 Å². The van der Waals surface area contributed by atoms with Crippen LogP contribution in [0.15, 0.2) is 31.0 Å². The molecular weight excluding hydrogens is 276 g/mol. The van der Waals surface area contributed by atoms with E-state index in [4.69, 9.17) is 0 Å². The predicted molar refractivity (Wildman–Crippen MR) is 84.9 cm³/mol. The molecule has 114 valence electrons. The molecule has 1 saturated heterocycles. The van der Waals surface area contributed by atoms with E-state index in [9.17, 15) is 0 Å². The molecule has 0 amide bonds. The number of piperidine rings is 1. The van der Waals surface area contributed by atoms with Crippen molar-refractivity contribution in [3.8, 4) is 0 Å². The summed E-state index contributed by atoms with van der Waals surface area (Å²) in [5.74, 6) is 2.49. The molecule has 0 bridgehead atoms. The van der Waals surface area contributed by atoms with Gasteiger partial charge in [-0.25, -0.2) is 19.9 Å². The summed E-state index contributed by atoms with van der Waals surface area (Å²) in [4.78, 5) is 19.5. The van der Waals surface area contributed by atoms with Crippen LogP contribution in [0, 0.1) is 0 Å². The molecule has 2 aliphatic rings. The van der Waals surface area contributed by atoms with Crippen molar-refractivity contribution in [3.05, 3.63) is 36.5 Å². The Bertz CT molecular complexity index is 602. The molecule has 0 unspecified atom stereocenters. The van der Waals surface area contributed by atoms with E-state index in [1.165, 1.54) is 18.4 Å². The van der Waals surface area contributed by atoms with Gasteiger partial charge in [-0.3, -0.25) is 0 Å². The van der Waals surface area contributed by atoms with Crippen LogP contribution >= 0.6 is 0 Å². The molecule has 3 heterocycles. The molecule has 0 aromatic carbocycles. The highest BCUT2D eigenvalue weighted by Crippen LogP contribution is 2.39. The van der Waals surface area contributed by atoms with Gasteiger partial charge in [0.25, 0.3) is 0 Å². The first-order valence-corrected chi connectivity index (χ1v) is 7.98. The number of nitrogens with one attached hydrogen (secondary N) is 1. The summed E-state index contributed by atoms with van der Waals surface area (Å²) in [7, 11) is 0. The van der Waals surface area contributed by atoms with Crippen LogP contribution in [0.25, 0.3) is 0 Å². The van der Waals surface area contributed by atoms with Crippen LogP contribution in [0.2, 0.25) is 0 Å². The van der Waals surface area contributed by atoms with E-state index < -0.39 is 0 Å². The van der Waals surface area contributed by atoms with E-state index in [1.54, 1.807) is 12.5 Å². The lowest BCUT2D eigenvalue weighted by molar-refractivity contribution is 0.518. The zero-order valence-corrected chi connectivity index (χ0v) is 12.5. The molecule has 1 saturated carbocycles. The van der Waals surface area contributed by atoms with Gasteiger partial charge in [0, 0.05) is 37.7 Å². The van der Waals surface area contributed by atoms with Crippen LogP contribution < -0.4 is 10.2 Å². The van der Waals surface area contributed by atoms with Crippen LogP contribution in [-0.2, 0) is 0 Å². The second-order valence-corrected chi connectivity index (χ2v) is 6.09. The first-order valence-electron chi connectivity index (χ1n) is 7.98. The Balaban J connectivity index is 1.33. The molecular formula is C16H20N6. The molecule has 0 radical (unpaired) electrons. The van der Waals surface area contributed by atoms with E-state index in [-0.39, 0.29) is 0 Å². The molecule has 0 atom stereocenters. The summed E-state index contributed by atoms with van der Waals surface area (Å²) in [5.41, 5.74) is 1.30. The van der Waals surface area contributed by atoms with Crippen LogP contribution in [0.1, 0.15) is 37.2 Å². The number of anilines is 2. The molecule has 1 aliphatic carbocycles. The van der Waals surface area contributed by atoms with Crippen LogP contribution in [0.4, 0.5) is 11.8 Å². The van der Waals surface area contributed by atoms with Gasteiger partial charge < -0.3 is 10.2 Å². The quantitative estimate of drug-likeness (QED) is 0.933. The van der Waals surface area contributed by atoms with Gasteiger partial charge in [-0.2, -0.15) is 0 Å². The van der Waals surface area contributed by atoms with E-state index in [0.29, 0.717) is 6.04 Å². The summed E-state index contributed by atoms with van der Waals surface area (Å²) < 4.78 is 0. The normalized spacial score (nSPS) is 19.2. The first kappa shape index (κ1) is 13.4. The lowest BCUT2D eigenvalue weighted by Gasteiger charge is -2.32. The average Bonchev–Trinajstić information content (AvgIpc) is 3.42. The summed E-state index contributed by atoms with van der Waals surface area (Å²) in [6.45, 7) is 1.96. The SMILES string of the molecule is c1cc(NC2CCN(c3ncc(C4CC4)cn3)CC2)ncn1. The largest absolute Gasteiger partial charge is 0.367 e. The summed E-state index contributed by atoms with van der Waals surface area (Å²) in [6, 6.07) is 2.36. The fourth-order valence-corrected chi connectivity index (χ4v) is 2.93. The minimum absolute atomic E-state index is 0.455. The maximum atomic E-state index is 4.55. The highest BCUT2D eigenvalue weighted by atomic mass is 15.3. The zero-order chi connectivity index (χ0) is 14.8. The van der Waals surface area contributed by atoms with Crippen molar-refractivity contribution in [2.24, 2.45) is 0 Å². The third-order valence-electron chi connectivity index (χ3n) is 4.42. The zero-order valence-electron chi connectivity index (χ0n) is 12.5. The van der Waals surface area contributed by atoms with E-state index in [1.807, 2.05) is 18.5 Å². The molecule has 0 spiro atoms. The standard InChI is InChI=1S/C16H20N6/c1-2-12(1)13-9-18-16(19-10-13)22-7-4-14(5-8-22)21-15-3-6-17-11-20-15/h3,6,9-12,14H,1-2,4-5,7-8H2,(H,17,20,21). The highest BCUT2D eigenvalue weighted by Gasteiger charge is 2.25.